The second-order valence-electron chi connectivity index (χ2n) is 4.57. The van der Waals surface area contributed by atoms with Gasteiger partial charge in [-0.1, -0.05) is 67.2 Å². The molecule has 17 heavy (non-hydrogen) atoms. The van der Waals surface area contributed by atoms with Gasteiger partial charge in [0, 0.05) is 17.1 Å². The Bertz CT molecular complexity index is 312. The fourth-order valence-electron chi connectivity index (χ4n) is 1.99. The molecule has 0 aromatic heterocycles. The zero-order chi connectivity index (χ0) is 12.5. The van der Waals surface area contributed by atoms with Crippen LogP contribution in [0.2, 0.25) is 0 Å². The highest BCUT2D eigenvalue weighted by Gasteiger charge is 2.06. The predicted octanol–water partition coefficient (Wildman–Crippen LogP) is 4.90. The predicted molar refractivity (Wildman–Crippen MR) is 79.2 cm³/mol. The van der Waals surface area contributed by atoms with E-state index in [0.29, 0.717) is 6.04 Å². The first-order valence-electron chi connectivity index (χ1n) is 6.74. The van der Waals surface area contributed by atoms with Crippen molar-refractivity contribution in [1.29, 1.82) is 0 Å². The van der Waals surface area contributed by atoms with Crippen LogP contribution in [0.1, 0.15) is 51.5 Å². The second-order valence-corrected chi connectivity index (χ2v) is 5.43. The van der Waals surface area contributed by atoms with Gasteiger partial charge in [0.05, 0.1) is 0 Å². The minimum absolute atomic E-state index is 0.661. The molecule has 1 nitrogen and oxygen atoms in total. The van der Waals surface area contributed by atoms with E-state index >= 15 is 0 Å². The van der Waals surface area contributed by atoms with Crippen molar-refractivity contribution in [3.63, 3.8) is 0 Å². The molecule has 0 heterocycles. The Morgan fingerprint density at radius 3 is 2.59 bits per heavy atom. The Hall–Kier alpha value is -0.340. The van der Waals surface area contributed by atoms with Gasteiger partial charge in [0.2, 0.25) is 0 Å². The number of halogens is 1. The number of nitrogens with one attached hydrogen (secondary N) is 1. The maximum Gasteiger partial charge on any atom is 0.0220 e. The molecule has 1 N–H and O–H groups in total. The lowest BCUT2D eigenvalue weighted by Gasteiger charge is -2.17. The van der Waals surface area contributed by atoms with Crippen LogP contribution in [-0.2, 0) is 6.54 Å². The van der Waals surface area contributed by atoms with Crippen molar-refractivity contribution < 1.29 is 0 Å². The van der Waals surface area contributed by atoms with Crippen LogP contribution in [0, 0.1) is 0 Å². The zero-order valence-electron chi connectivity index (χ0n) is 11.0. The van der Waals surface area contributed by atoms with Gasteiger partial charge in [0.1, 0.15) is 0 Å². The molecule has 0 fully saturated rings. The molecule has 0 aliphatic carbocycles. The second kappa shape index (κ2) is 8.71. The summed E-state index contributed by atoms with van der Waals surface area (Å²) in [6, 6.07) is 9.10. The van der Waals surface area contributed by atoms with Gasteiger partial charge in [-0.15, -0.1) is 0 Å². The maximum atomic E-state index is 3.66. The van der Waals surface area contributed by atoms with Crippen molar-refractivity contribution in [3.8, 4) is 0 Å². The first kappa shape index (κ1) is 14.7. The molecule has 0 amide bonds. The molecule has 2 heteroatoms. The van der Waals surface area contributed by atoms with Gasteiger partial charge in [0.25, 0.3) is 0 Å². The number of benzene rings is 1. The fraction of sp³-hybridized carbons (Fsp3) is 0.600. The molecule has 0 radical (unpaired) electrons. The highest BCUT2D eigenvalue weighted by molar-refractivity contribution is 9.10. The lowest BCUT2D eigenvalue weighted by molar-refractivity contribution is 0.446. The van der Waals surface area contributed by atoms with Crippen molar-refractivity contribution in [2.24, 2.45) is 0 Å². The summed E-state index contributed by atoms with van der Waals surface area (Å²) in [5.41, 5.74) is 1.35. The normalized spacial score (nSPS) is 12.6. The summed E-state index contributed by atoms with van der Waals surface area (Å²) in [6.07, 6.45) is 6.52. The molecule has 96 valence electrons. The van der Waals surface area contributed by atoms with Crippen molar-refractivity contribution in [2.45, 2.75) is 58.5 Å². The van der Waals surface area contributed by atoms with E-state index < -0.39 is 0 Å². The molecule has 1 aromatic carbocycles. The number of unbranched alkanes of at least 4 members (excludes halogenated alkanes) is 2. The summed E-state index contributed by atoms with van der Waals surface area (Å²) in [5, 5.41) is 3.66. The summed E-state index contributed by atoms with van der Waals surface area (Å²) in [4.78, 5) is 0. The standard InChI is InChI=1S/C15H24BrN/c1-3-5-6-10-14(4-2)17-12-13-9-7-8-11-15(13)16/h7-9,11,14,17H,3-6,10,12H2,1-2H3. The van der Waals surface area contributed by atoms with Crippen LogP contribution >= 0.6 is 15.9 Å². The van der Waals surface area contributed by atoms with Crippen molar-refractivity contribution >= 4 is 15.9 Å². The minimum atomic E-state index is 0.661. The molecule has 0 aliphatic rings. The first-order valence-corrected chi connectivity index (χ1v) is 7.54. The molecular formula is C15H24BrN. The van der Waals surface area contributed by atoms with Crippen molar-refractivity contribution in [1.82, 2.24) is 5.32 Å². The third kappa shape index (κ3) is 5.69. The Kier molecular flexibility index (Phi) is 7.54. The molecular weight excluding hydrogens is 274 g/mol. The van der Waals surface area contributed by atoms with Crippen LogP contribution in [0.25, 0.3) is 0 Å². The molecule has 1 atom stereocenters. The van der Waals surface area contributed by atoms with Gasteiger partial charge in [0.15, 0.2) is 0 Å². The van der Waals surface area contributed by atoms with E-state index in [-0.39, 0.29) is 0 Å². The molecule has 1 unspecified atom stereocenters. The molecule has 0 bridgehead atoms. The van der Waals surface area contributed by atoms with Gasteiger partial charge >= 0.3 is 0 Å². The highest BCUT2D eigenvalue weighted by Crippen LogP contribution is 2.16. The lowest BCUT2D eigenvalue weighted by atomic mass is 10.1. The summed E-state index contributed by atoms with van der Waals surface area (Å²) in [7, 11) is 0. The van der Waals surface area contributed by atoms with Crippen LogP contribution < -0.4 is 5.32 Å². The quantitative estimate of drug-likeness (QED) is 0.673. The zero-order valence-corrected chi connectivity index (χ0v) is 12.6. The minimum Gasteiger partial charge on any atom is -0.310 e. The lowest BCUT2D eigenvalue weighted by Crippen LogP contribution is -2.27. The largest absolute Gasteiger partial charge is 0.310 e. The average molecular weight is 298 g/mol. The van der Waals surface area contributed by atoms with Crippen LogP contribution in [0.4, 0.5) is 0 Å². The average Bonchev–Trinajstić information content (AvgIpc) is 2.35. The molecule has 1 rings (SSSR count). The Labute approximate surface area is 114 Å². The number of hydrogen-bond donors (Lipinski definition) is 1. The fourth-order valence-corrected chi connectivity index (χ4v) is 2.41. The van der Waals surface area contributed by atoms with Crippen LogP contribution in [-0.4, -0.2) is 6.04 Å². The molecule has 1 aromatic rings. The van der Waals surface area contributed by atoms with Crippen molar-refractivity contribution in [3.05, 3.63) is 34.3 Å². The van der Waals surface area contributed by atoms with E-state index in [9.17, 15) is 0 Å². The molecule has 0 spiro atoms. The topological polar surface area (TPSA) is 12.0 Å². The monoisotopic (exact) mass is 297 g/mol. The van der Waals surface area contributed by atoms with E-state index in [1.165, 1.54) is 42.1 Å². The summed E-state index contributed by atoms with van der Waals surface area (Å²) in [6.45, 7) is 5.49. The van der Waals surface area contributed by atoms with Crippen LogP contribution in [0.3, 0.4) is 0 Å². The van der Waals surface area contributed by atoms with Crippen molar-refractivity contribution in [2.75, 3.05) is 0 Å². The van der Waals surface area contributed by atoms with Gasteiger partial charge in [-0.2, -0.15) is 0 Å². The van der Waals surface area contributed by atoms with E-state index in [1.807, 2.05) is 0 Å². The van der Waals surface area contributed by atoms with Gasteiger partial charge in [-0.05, 0) is 24.5 Å². The molecule has 0 saturated carbocycles. The van der Waals surface area contributed by atoms with E-state index in [4.69, 9.17) is 0 Å². The molecule has 0 saturated heterocycles. The van der Waals surface area contributed by atoms with E-state index in [2.05, 4.69) is 59.4 Å². The Morgan fingerprint density at radius 2 is 1.94 bits per heavy atom. The SMILES string of the molecule is CCCCCC(CC)NCc1ccccc1Br. The first-order chi connectivity index (χ1) is 8.27. The van der Waals surface area contributed by atoms with E-state index in [1.54, 1.807) is 0 Å². The Balaban J connectivity index is 2.34. The van der Waals surface area contributed by atoms with Gasteiger partial charge in [-0.3, -0.25) is 0 Å². The smallest absolute Gasteiger partial charge is 0.0220 e. The maximum absolute atomic E-state index is 3.66. The van der Waals surface area contributed by atoms with Crippen LogP contribution in [0.15, 0.2) is 28.7 Å². The van der Waals surface area contributed by atoms with Gasteiger partial charge < -0.3 is 5.32 Å². The summed E-state index contributed by atoms with van der Waals surface area (Å²) < 4.78 is 1.20. The highest BCUT2D eigenvalue weighted by atomic mass is 79.9. The molecule has 0 aliphatic heterocycles. The summed E-state index contributed by atoms with van der Waals surface area (Å²) in [5.74, 6) is 0. The third-order valence-electron chi connectivity index (χ3n) is 3.19. The third-order valence-corrected chi connectivity index (χ3v) is 3.96. The summed E-state index contributed by atoms with van der Waals surface area (Å²) >= 11 is 3.59. The van der Waals surface area contributed by atoms with Crippen LogP contribution in [0.5, 0.6) is 0 Å². The Morgan fingerprint density at radius 1 is 1.18 bits per heavy atom. The van der Waals surface area contributed by atoms with E-state index in [0.717, 1.165) is 6.54 Å². The van der Waals surface area contributed by atoms with Gasteiger partial charge in [-0.25, -0.2) is 0 Å². The number of rotatable bonds is 8. The number of hydrogen-bond acceptors (Lipinski definition) is 1.